The molecule has 35 heavy (non-hydrogen) atoms. The quantitative estimate of drug-likeness (QED) is 0.215. The molecule has 0 spiro atoms. The summed E-state index contributed by atoms with van der Waals surface area (Å²) in [5.74, 6) is -1.44. The third kappa shape index (κ3) is 3.88. The largest absolute Gasteiger partial charge is 0.507 e. The molecule has 1 aliphatic heterocycles. The summed E-state index contributed by atoms with van der Waals surface area (Å²) in [6.07, 6.45) is 0. The molecule has 1 amide bonds. The molecule has 6 nitrogen and oxygen atoms in total. The lowest BCUT2D eigenvalue weighted by molar-refractivity contribution is -0.132. The minimum absolute atomic E-state index is 0.0634. The Balaban J connectivity index is 1.72. The van der Waals surface area contributed by atoms with Gasteiger partial charge in [0.15, 0.2) is 0 Å². The maximum absolute atomic E-state index is 13.3. The standard InChI is InChI=1S/C28H20ClNO5/c1-35-21-11-9-20(10-12-21)30-25(18-8-13-23(31)22(29)15-18)24(27(33)28(30)34)26(32)19-7-6-16-4-2-3-5-17(16)14-19/h2-15,25,31-32H,1H3/b26-24-. The summed E-state index contributed by atoms with van der Waals surface area (Å²) in [6.45, 7) is 0. The first-order valence-corrected chi connectivity index (χ1v) is 11.2. The maximum atomic E-state index is 13.3. The zero-order chi connectivity index (χ0) is 24.7. The van der Waals surface area contributed by atoms with Gasteiger partial charge >= 0.3 is 0 Å². The van der Waals surface area contributed by atoms with Crippen LogP contribution in [0.15, 0.2) is 90.5 Å². The summed E-state index contributed by atoms with van der Waals surface area (Å²) >= 11 is 6.17. The number of carbonyl (C=O) groups is 2. The van der Waals surface area contributed by atoms with Gasteiger partial charge in [-0.25, -0.2) is 0 Å². The van der Waals surface area contributed by atoms with Gasteiger partial charge < -0.3 is 14.9 Å². The molecule has 1 aliphatic rings. The predicted molar refractivity (Wildman–Crippen MR) is 135 cm³/mol. The number of Topliss-reactive ketones (excluding diaryl/α,β-unsaturated/α-hetero) is 1. The Bertz CT molecular complexity index is 1510. The van der Waals surface area contributed by atoms with Crippen LogP contribution in [0, 0.1) is 0 Å². The molecule has 1 saturated heterocycles. The number of carbonyl (C=O) groups excluding carboxylic acids is 2. The molecule has 1 fully saturated rings. The average molecular weight is 486 g/mol. The number of benzene rings is 4. The van der Waals surface area contributed by atoms with Crippen LogP contribution in [-0.4, -0.2) is 29.0 Å². The van der Waals surface area contributed by atoms with Crippen LogP contribution >= 0.6 is 11.6 Å². The number of rotatable bonds is 4. The number of halogens is 1. The number of hydrogen-bond donors (Lipinski definition) is 2. The van der Waals surface area contributed by atoms with E-state index in [1.165, 1.54) is 24.1 Å². The number of ether oxygens (including phenoxy) is 1. The Kier molecular flexibility index (Phi) is 5.67. The fraction of sp³-hybridized carbons (Fsp3) is 0.0714. The number of aliphatic hydroxyl groups excluding tert-OH is 1. The summed E-state index contributed by atoms with van der Waals surface area (Å²) in [5.41, 5.74) is 1.25. The van der Waals surface area contributed by atoms with Gasteiger partial charge in [0.05, 0.1) is 23.7 Å². The molecule has 0 bridgehead atoms. The van der Waals surface area contributed by atoms with Crippen molar-refractivity contribution < 1.29 is 24.5 Å². The lowest BCUT2D eigenvalue weighted by atomic mass is 9.94. The van der Waals surface area contributed by atoms with Crippen LogP contribution in [0.5, 0.6) is 11.5 Å². The van der Waals surface area contributed by atoms with Crippen molar-refractivity contribution in [1.82, 2.24) is 0 Å². The highest BCUT2D eigenvalue weighted by molar-refractivity contribution is 6.51. The van der Waals surface area contributed by atoms with Crippen molar-refractivity contribution in [2.24, 2.45) is 0 Å². The first-order valence-electron chi connectivity index (χ1n) is 10.8. The lowest BCUT2D eigenvalue weighted by Crippen LogP contribution is -2.29. The van der Waals surface area contributed by atoms with Crippen LogP contribution in [0.2, 0.25) is 5.02 Å². The van der Waals surface area contributed by atoms with E-state index in [1.807, 2.05) is 30.3 Å². The van der Waals surface area contributed by atoms with Gasteiger partial charge in [-0.05, 0) is 58.8 Å². The van der Waals surface area contributed by atoms with Crippen LogP contribution in [0.4, 0.5) is 5.69 Å². The number of phenols is 1. The summed E-state index contributed by atoms with van der Waals surface area (Å²) in [4.78, 5) is 27.9. The van der Waals surface area contributed by atoms with Gasteiger partial charge in [-0.1, -0.05) is 54.1 Å². The number of ketones is 1. The molecule has 7 heteroatoms. The van der Waals surface area contributed by atoms with Crippen LogP contribution in [0.1, 0.15) is 17.2 Å². The number of amides is 1. The summed E-state index contributed by atoms with van der Waals surface area (Å²) in [5, 5.41) is 23.2. The first kappa shape index (κ1) is 22.5. The van der Waals surface area contributed by atoms with E-state index in [-0.39, 0.29) is 22.1 Å². The summed E-state index contributed by atoms with van der Waals surface area (Å²) in [7, 11) is 1.53. The number of aliphatic hydroxyl groups is 1. The van der Waals surface area contributed by atoms with E-state index in [4.69, 9.17) is 16.3 Å². The van der Waals surface area contributed by atoms with Gasteiger partial charge in [0.2, 0.25) is 0 Å². The van der Waals surface area contributed by atoms with Crippen molar-refractivity contribution in [3.63, 3.8) is 0 Å². The third-order valence-electron chi connectivity index (χ3n) is 6.11. The minimum Gasteiger partial charge on any atom is -0.507 e. The Labute approximate surface area is 206 Å². The molecule has 0 saturated carbocycles. The predicted octanol–water partition coefficient (Wildman–Crippen LogP) is 5.83. The molecule has 1 atom stereocenters. The molecule has 5 rings (SSSR count). The number of fused-ring (bicyclic) bond motifs is 1. The maximum Gasteiger partial charge on any atom is 0.300 e. The zero-order valence-electron chi connectivity index (χ0n) is 18.6. The summed E-state index contributed by atoms with van der Waals surface area (Å²) in [6, 6.07) is 23.1. The minimum atomic E-state index is -0.965. The second-order valence-corrected chi connectivity index (χ2v) is 8.55. The van der Waals surface area contributed by atoms with Crippen molar-refractivity contribution in [3.05, 3.63) is 107 Å². The third-order valence-corrected chi connectivity index (χ3v) is 6.41. The number of aromatic hydroxyl groups is 1. The van der Waals surface area contributed by atoms with Crippen LogP contribution < -0.4 is 9.64 Å². The Morgan fingerprint density at radius 1 is 0.914 bits per heavy atom. The van der Waals surface area contributed by atoms with Gasteiger partial charge in [0.25, 0.3) is 11.7 Å². The molecule has 4 aromatic rings. The number of nitrogens with zero attached hydrogens (tertiary/aromatic N) is 1. The number of hydrogen-bond acceptors (Lipinski definition) is 5. The second kappa shape index (κ2) is 8.81. The molecule has 0 radical (unpaired) electrons. The van der Waals surface area contributed by atoms with E-state index in [1.54, 1.807) is 42.5 Å². The van der Waals surface area contributed by atoms with Crippen molar-refractivity contribution in [2.45, 2.75) is 6.04 Å². The highest BCUT2D eigenvalue weighted by Gasteiger charge is 2.47. The van der Waals surface area contributed by atoms with Gasteiger partial charge in [0, 0.05) is 11.3 Å². The number of methoxy groups -OCH3 is 1. The molecule has 2 N–H and O–H groups in total. The number of phenolic OH excluding ortho intramolecular Hbond substituents is 1. The van der Waals surface area contributed by atoms with Crippen LogP contribution in [0.3, 0.4) is 0 Å². The second-order valence-electron chi connectivity index (χ2n) is 8.14. The van der Waals surface area contributed by atoms with Crippen LogP contribution in [-0.2, 0) is 9.59 Å². The van der Waals surface area contributed by atoms with E-state index < -0.39 is 17.7 Å². The molecular weight excluding hydrogens is 466 g/mol. The van der Waals surface area contributed by atoms with Gasteiger partial charge in [-0.3, -0.25) is 14.5 Å². The topological polar surface area (TPSA) is 87.1 Å². The van der Waals surface area contributed by atoms with E-state index in [2.05, 4.69) is 0 Å². The van der Waals surface area contributed by atoms with Crippen molar-refractivity contribution in [3.8, 4) is 11.5 Å². The van der Waals surface area contributed by atoms with Crippen molar-refractivity contribution >= 4 is 45.5 Å². The van der Waals surface area contributed by atoms with E-state index in [0.717, 1.165) is 10.8 Å². The van der Waals surface area contributed by atoms with E-state index >= 15 is 0 Å². The fourth-order valence-corrected chi connectivity index (χ4v) is 4.53. The Hall–Kier alpha value is -4.29. The average Bonchev–Trinajstić information content (AvgIpc) is 3.15. The van der Waals surface area contributed by atoms with Gasteiger partial charge in [-0.15, -0.1) is 0 Å². The number of anilines is 1. The molecule has 174 valence electrons. The van der Waals surface area contributed by atoms with Gasteiger partial charge in [-0.2, -0.15) is 0 Å². The van der Waals surface area contributed by atoms with Crippen molar-refractivity contribution in [2.75, 3.05) is 12.0 Å². The molecule has 4 aromatic carbocycles. The molecular formula is C28H20ClNO5. The van der Waals surface area contributed by atoms with E-state index in [0.29, 0.717) is 22.6 Å². The lowest BCUT2D eigenvalue weighted by Gasteiger charge is -2.26. The van der Waals surface area contributed by atoms with Crippen LogP contribution in [0.25, 0.3) is 16.5 Å². The van der Waals surface area contributed by atoms with Crippen molar-refractivity contribution in [1.29, 1.82) is 0 Å². The highest BCUT2D eigenvalue weighted by Crippen LogP contribution is 2.44. The molecule has 0 aliphatic carbocycles. The Morgan fingerprint density at radius 3 is 2.31 bits per heavy atom. The highest BCUT2D eigenvalue weighted by atomic mass is 35.5. The zero-order valence-corrected chi connectivity index (χ0v) is 19.4. The SMILES string of the molecule is COc1ccc(N2C(=O)C(=O)/C(=C(\O)c3ccc4ccccc4c3)C2c2ccc(O)c(Cl)c2)cc1. The molecule has 1 heterocycles. The Morgan fingerprint density at radius 2 is 1.63 bits per heavy atom. The summed E-state index contributed by atoms with van der Waals surface area (Å²) < 4.78 is 5.21. The van der Waals surface area contributed by atoms with E-state index in [9.17, 15) is 19.8 Å². The fourth-order valence-electron chi connectivity index (χ4n) is 4.34. The molecule has 0 aromatic heterocycles. The van der Waals surface area contributed by atoms with Gasteiger partial charge in [0.1, 0.15) is 17.3 Å². The normalized spacial score (nSPS) is 17.2. The smallest absolute Gasteiger partial charge is 0.300 e. The monoisotopic (exact) mass is 485 g/mol. The molecule has 1 unspecified atom stereocenters. The first-order chi connectivity index (χ1) is 16.9.